The van der Waals surface area contributed by atoms with Gasteiger partial charge in [0.15, 0.2) is 5.70 Å². The number of carboxylic acids is 1. The summed E-state index contributed by atoms with van der Waals surface area (Å²) in [6.07, 6.45) is -0.786. The number of hydrogen-bond donors (Lipinski definition) is 2. The van der Waals surface area contributed by atoms with Gasteiger partial charge in [0.2, 0.25) is 0 Å². The van der Waals surface area contributed by atoms with Gasteiger partial charge in [-0.1, -0.05) is 30.3 Å². The number of fused-ring (bicyclic) bond motifs is 1. The lowest BCUT2D eigenvalue weighted by Gasteiger charge is -2.21. The van der Waals surface area contributed by atoms with E-state index in [0.29, 0.717) is 0 Å². The number of amides is 2. The highest BCUT2D eigenvalue weighted by Gasteiger charge is 2.50. The molecule has 2 aliphatic heterocycles. The van der Waals surface area contributed by atoms with Crippen LogP contribution in [0.4, 0.5) is 4.79 Å². The molecule has 2 N–H and O–H groups in total. The summed E-state index contributed by atoms with van der Waals surface area (Å²) in [6.45, 7) is 4.92. The number of nitrogens with zero attached hydrogens (tertiary/aromatic N) is 2. The van der Waals surface area contributed by atoms with Crippen LogP contribution in [-0.2, 0) is 30.5 Å². The van der Waals surface area contributed by atoms with Crippen molar-refractivity contribution >= 4 is 23.9 Å². The van der Waals surface area contributed by atoms with Gasteiger partial charge in [0.05, 0.1) is 12.1 Å². The molecule has 1 atom stereocenters. The highest BCUT2D eigenvalue weighted by molar-refractivity contribution is 6.05. The van der Waals surface area contributed by atoms with E-state index in [-0.39, 0.29) is 25.3 Å². The van der Waals surface area contributed by atoms with Crippen LogP contribution < -0.4 is 5.32 Å². The number of carbonyl (C=O) groups is 4. The molecule has 0 aliphatic carbocycles. The first-order valence-electron chi connectivity index (χ1n) is 9.32. The summed E-state index contributed by atoms with van der Waals surface area (Å²) >= 11 is 0. The molecule has 1 saturated heterocycles. The molecule has 1 fully saturated rings. The Morgan fingerprint density at radius 3 is 2.47 bits per heavy atom. The summed E-state index contributed by atoms with van der Waals surface area (Å²) in [5, 5.41) is 14.3. The van der Waals surface area contributed by atoms with Crippen molar-refractivity contribution in [3.05, 3.63) is 47.2 Å². The molecule has 0 aromatic heterocycles. The molecule has 0 saturated carbocycles. The van der Waals surface area contributed by atoms with E-state index in [1.807, 2.05) is 6.07 Å². The van der Waals surface area contributed by atoms with E-state index in [1.165, 1.54) is 5.01 Å². The smallest absolute Gasteiger partial charge is 0.408 e. The number of rotatable bonds is 5. The first-order valence-corrected chi connectivity index (χ1v) is 9.32. The second-order valence-electron chi connectivity index (χ2n) is 7.89. The predicted octanol–water partition coefficient (Wildman–Crippen LogP) is 1.03. The zero-order valence-corrected chi connectivity index (χ0v) is 16.9. The van der Waals surface area contributed by atoms with E-state index in [2.05, 4.69) is 5.32 Å². The van der Waals surface area contributed by atoms with Crippen LogP contribution in [0.15, 0.2) is 41.6 Å². The van der Waals surface area contributed by atoms with Gasteiger partial charge in [-0.2, -0.15) is 0 Å². The molecule has 0 unspecified atom stereocenters. The van der Waals surface area contributed by atoms with Crippen LogP contribution in [0.1, 0.15) is 26.3 Å². The number of hydrogen-bond acceptors (Lipinski definition) is 7. The maximum Gasteiger partial charge on any atom is 0.408 e. The van der Waals surface area contributed by atoms with Crippen molar-refractivity contribution < 1.29 is 33.8 Å². The molecule has 0 radical (unpaired) electrons. The van der Waals surface area contributed by atoms with Crippen molar-refractivity contribution in [2.75, 3.05) is 13.1 Å². The lowest BCUT2D eigenvalue weighted by atomic mass is 10.1. The van der Waals surface area contributed by atoms with Crippen LogP contribution in [0.5, 0.6) is 0 Å². The zero-order chi connectivity index (χ0) is 22.1. The van der Waals surface area contributed by atoms with Crippen LogP contribution in [0.25, 0.3) is 0 Å². The SMILES string of the molecule is CC(C)(C)OC(=O)N[C@@H]1CN2CC(C(=O)OCc3ccccc3)=C(C(=O)O)N2C1=O. The monoisotopic (exact) mass is 417 g/mol. The summed E-state index contributed by atoms with van der Waals surface area (Å²) in [7, 11) is 0. The molecule has 30 heavy (non-hydrogen) atoms. The van der Waals surface area contributed by atoms with Crippen molar-refractivity contribution in [1.82, 2.24) is 15.3 Å². The number of benzene rings is 1. The molecular formula is C20H23N3O7. The van der Waals surface area contributed by atoms with E-state index in [9.17, 15) is 24.3 Å². The van der Waals surface area contributed by atoms with E-state index in [4.69, 9.17) is 9.47 Å². The Morgan fingerprint density at radius 2 is 1.87 bits per heavy atom. The molecule has 1 aromatic rings. The summed E-state index contributed by atoms with van der Waals surface area (Å²) in [4.78, 5) is 49.0. The van der Waals surface area contributed by atoms with Gasteiger partial charge in [-0.25, -0.2) is 24.4 Å². The van der Waals surface area contributed by atoms with Gasteiger partial charge in [-0.15, -0.1) is 0 Å². The zero-order valence-electron chi connectivity index (χ0n) is 16.9. The largest absolute Gasteiger partial charge is 0.477 e. The minimum Gasteiger partial charge on any atom is -0.477 e. The Hall–Kier alpha value is -3.40. The van der Waals surface area contributed by atoms with Crippen molar-refractivity contribution in [3.63, 3.8) is 0 Å². The number of carboxylic acid groups (broad SMARTS) is 1. The molecule has 2 aliphatic rings. The number of alkyl carbamates (subject to hydrolysis) is 1. The molecule has 0 spiro atoms. The van der Waals surface area contributed by atoms with Gasteiger partial charge in [0.25, 0.3) is 5.91 Å². The van der Waals surface area contributed by atoms with Gasteiger partial charge >= 0.3 is 18.0 Å². The first kappa shape index (κ1) is 21.3. The van der Waals surface area contributed by atoms with Crippen LogP contribution in [0.2, 0.25) is 0 Å². The van der Waals surface area contributed by atoms with Crippen LogP contribution in [0, 0.1) is 0 Å². The fraction of sp³-hybridized carbons (Fsp3) is 0.400. The maximum absolute atomic E-state index is 12.7. The Bertz CT molecular complexity index is 905. The lowest BCUT2D eigenvalue weighted by Crippen LogP contribution is -2.45. The third kappa shape index (κ3) is 4.60. The first-order chi connectivity index (χ1) is 14.1. The van der Waals surface area contributed by atoms with Crippen molar-refractivity contribution in [1.29, 1.82) is 0 Å². The topological polar surface area (TPSA) is 125 Å². The second kappa shape index (κ2) is 8.15. The van der Waals surface area contributed by atoms with Crippen LogP contribution in [-0.4, -0.2) is 63.8 Å². The van der Waals surface area contributed by atoms with Crippen LogP contribution >= 0.6 is 0 Å². The minimum atomic E-state index is -1.43. The minimum absolute atomic E-state index is 0.00429. The van der Waals surface area contributed by atoms with E-state index in [0.717, 1.165) is 10.6 Å². The Balaban J connectivity index is 1.71. The maximum atomic E-state index is 12.7. The van der Waals surface area contributed by atoms with Crippen molar-refractivity contribution in [2.45, 2.75) is 39.0 Å². The Labute approximate surface area is 173 Å². The number of aliphatic carboxylic acids is 1. The summed E-state index contributed by atoms with van der Waals surface area (Å²) < 4.78 is 10.4. The van der Waals surface area contributed by atoms with Gasteiger partial charge in [-0.05, 0) is 26.3 Å². The van der Waals surface area contributed by atoms with Crippen molar-refractivity contribution in [3.8, 4) is 0 Å². The number of hydrazine groups is 1. The van der Waals surface area contributed by atoms with E-state index in [1.54, 1.807) is 45.0 Å². The third-order valence-corrected chi connectivity index (χ3v) is 4.37. The molecular weight excluding hydrogens is 394 g/mol. The normalized spacial score (nSPS) is 19.0. The molecule has 10 heteroatoms. The Kier molecular flexibility index (Phi) is 5.79. The number of ether oxygens (including phenoxy) is 2. The molecule has 2 amide bonds. The van der Waals surface area contributed by atoms with Crippen molar-refractivity contribution in [2.24, 2.45) is 0 Å². The second-order valence-corrected chi connectivity index (χ2v) is 7.89. The summed E-state index contributed by atoms with van der Waals surface area (Å²) in [6, 6.07) is 7.95. The number of nitrogens with one attached hydrogen (secondary N) is 1. The number of esters is 1. The third-order valence-electron chi connectivity index (χ3n) is 4.37. The average molecular weight is 417 g/mol. The molecule has 10 nitrogen and oxygen atoms in total. The summed E-state index contributed by atoms with van der Waals surface area (Å²) in [5.41, 5.74) is -0.585. The van der Waals surface area contributed by atoms with E-state index < -0.39 is 41.3 Å². The van der Waals surface area contributed by atoms with E-state index >= 15 is 0 Å². The van der Waals surface area contributed by atoms with Gasteiger partial charge in [0, 0.05) is 6.54 Å². The predicted molar refractivity (Wildman–Crippen MR) is 102 cm³/mol. The molecule has 3 rings (SSSR count). The molecule has 1 aromatic carbocycles. The van der Waals surface area contributed by atoms with Gasteiger partial charge in [0.1, 0.15) is 18.2 Å². The van der Waals surface area contributed by atoms with Crippen LogP contribution in [0.3, 0.4) is 0 Å². The number of carbonyl (C=O) groups excluding carboxylic acids is 3. The fourth-order valence-corrected chi connectivity index (χ4v) is 3.18. The molecule has 0 bridgehead atoms. The highest BCUT2D eigenvalue weighted by atomic mass is 16.6. The summed E-state index contributed by atoms with van der Waals surface area (Å²) in [5.74, 6) is -2.91. The standard InChI is InChI=1S/C20H23N3O7/c1-20(2,3)30-19(28)21-14-10-22-9-13(15(17(25)26)23(22)16(14)24)18(27)29-11-12-7-5-4-6-8-12/h4-8,14H,9-11H2,1-3H3,(H,21,28)(H,25,26)/t14-/m1/s1. The van der Waals surface area contributed by atoms with Gasteiger partial charge < -0.3 is 19.9 Å². The highest BCUT2D eigenvalue weighted by Crippen LogP contribution is 2.30. The lowest BCUT2D eigenvalue weighted by molar-refractivity contribution is -0.143. The van der Waals surface area contributed by atoms with Gasteiger partial charge in [-0.3, -0.25) is 4.79 Å². The quantitative estimate of drug-likeness (QED) is 0.681. The Morgan fingerprint density at radius 1 is 1.20 bits per heavy atom. The fourth-order valence-electron chi connectivity index (χ4n) is 3.18. The average Bonchev–Trinajstić information content (AvgIpc) is 3.16. The molecule has 160 valence electrons. The molecule has 2 heterocycles.